The minimum Gasteiger partial charge on any atom is -0.386 e. The Hall–Kier alpha value is -2.84. The first-order chi connectivity index (χ1) is 11.6. The Morgan fingerprint density at radius 1 is 1.17 bits per heavy atom. The van der Waals surface area contributed by atoms with Gasteiger partial charge in [0.1, 0.15) is 17.5 Å². The second kappa shape index (κ2) is 8.70. The number of nitriles is 1. The summed E-state index contributed by atoms with van der Waals surface area (Å²) in [4.78, 5) is 12.0. The van der Waals surface area contributed by atoms with E-state index in [1.165, 1.54) is 18.3 Å². The van der Waals surface area contributed by atoms with E-state index in [1.807, 2.05) is 12.1 Å². The Bertz CT molecular complexity index is 782. The zero-order valence-electron chi connectivity index (χ0n) is 12.7. The van der Waals surface area contributed by atoms with Gasteiger partial charge in [-0.25, -0.2) is 4.39 Å². The fourth-order valence-corrected chi connectivity index (χ4v) is 2.14. The number of nitrogens with zero attached hydrogens (tertiary/aromatic N) is 1. The number of hydrogen-bond donors (Lipinski definition) is 2. The van der Waals surface area contributed by atoms with E-state index in [2.05, 4.69) is 10.6 Å². The van der Waals surface area contributed by atoms with Crippen molar-refractivity contribution in [3.05, 3.63) is 82.3 Å². The molecule has 0 unspecified atom stereocenters. The Kier molecular flexibility index (Phi) is 6.35. The van der Waals surface area contributed by atoms with E-state index in [9.17, 15) is 9.18 Å². The quantitative estimate of drug-likeness (QED) is 0.625. The first-order valence-corrected chi connectivity index (χ1v) is 7.57. The van der Waals surface area contributed by atoms with Crippen molar-refractivity contribution < 1.29 is 9.18 Å². The lowest BCUT2D eigenvalue weighted by Gasteiger charge is -2.07. The molecule has 1 amide bonds. The second-order valence-corrected chi connectivity index (χ2v) is 5.36. The van der Waals surface area contributed by atoms with Crippen LogP contribution >= 0.6 is 11.6 Å². The SMILES string of the molecule is N#C/C(=C/NCc1ccc(F)cc1)C(=O)NCc1ccccc1Cl. The Balaban J connectivity index is 1.90. The van der Waals surface area contributed by atoms with E-state index in [-0.39, 0.29) is 17.9 Å². The van der Waals surface area contributed by atoms with Crippen LogP contribution in [0.2, 0.25) is 5.02 Å². The van der Waals surface area contributed by atoms with Gasteiger partial charge in [-0.15, -0.1) is 0 Å². The van der Waals surface area contributed by atoms with Gasteiger partial charge in [-0.2, -0.15) is 5.26 Å². The summed E-state index contributed by atoms with van der Waals surface area (Å²) < 4.78 is 12.8. The Morgan fingerprint density at radius 3 is 2.54 bits per heavy atom. The predicted molar refractivity (Wildman–Crippen MR) is 90.2 cm³/mol. The Morgan fingerprint density at radius 2 is 1.88 bits per heavy atom. The number of rotatable bonds is 6. The number of nitrogens with one attached hydrogen (secondary N) is 2. The highest BCUT2D eigenvalue weighted by atomic mass is 35.5. The van der Waals surface area contributed by atoms with Crippen molar-refractivity contribution in [2.45, 2.75) is 13.1 Å². The third-order valence-electron chi connectivity index (χ3n) is 3.23. The molecule has 24 heavy (non-hydrogen) atoms. The van der Waals surface area contributed by atoms with Crippen molar-refractivity contribution in [2.75, 3.05) is 0 Å². The van der Waals surface area contributed by atoms with Gasteiger partial charge >= 0.3 is 0 Å². The van der Waals surface area contributed by atoms with E-state index in [1.54, 1.807) is 30.3 Å². The van der Waals surface area contributed by atoms with E-state index in [4.69, 9.17) is 16.9 Å². The smallest absolute Gasteiger partial charge is 0.263 e. The molecular formula is C18H15ClFN3O. The summed E-state index contributed by atoms with van der Waals surface area (Å²) in [6.45, 7) is 0.610. The zero-order valence-corrected chi connectivity index (χ0v) is 13.5. The van der Waals surface area contributed by atoms with Crippen LogP contribution in [-0.2, 0) is 17.9 Å². The minimum atomic E-state index is -0.496. The molecule has 0 saturated carbocycles. The number of amides is 1. The topological polar surface area (TPSA) is 64.9 Å². The standard InChI is InChI=1S/C18H15ClFN3O/c19-17-4-2-1-3-14(17)12-23-18(24)15(9-21)11-22-10-13-5-7-16(20)8-6-13/h1-8,11,22H,10,12H2,(H,23,24)/b15-11-. The highest BCUT2D eigenvalue weighted by Crippen LogP contribution is 2.14. The van der Waals surface area contributed by atoms with E-state index in [0.29, 0.717) is 11.6 Å². The molecule has 2 rings (SSSR count). The summed E-state index contributed by atoms with van der Waals surface area (Å²) >= 11 is 6.01. The lowest BCUT2D eigenvalue weighted by atomic mass is 10.2. The minimum absolute atomic E-state index is 0.0517. The van der Waals surface area contributed by atoms with E-state index >= 15 is 0 Å². The number of carbonyl (C=O) groups excluding carboxylic acids is 1. The summed E-state index contributed by atoms with van der Waals surface area (Å²) in [7, 11) is 0. The molecule has 0 atom stereocenters. The molecule has 0 bridgehead atoms. The number of carbonyl (C=O) groups is 1. The summed E-state index contributed by atoms with van der Waals surface area (Å²) in [5, 5.41) is 15.1. The largest absolute Gasteiger partial charge is 0.386 e. The lowest BCUT2D eigenvalue weighted by Crippen LogP contribution is -2.25. The molecule has 0 fully saturated rings. The van der Waals surface area contributed by atoms with Crippen molar-refractivity contribution in [3.8, 4) is 6.07 Å². The normalized spacial score (nSPS) is 10.8. The van der Waals surface area contributed by atoms with Crippen LogP contribution in [0.3, 0.4) is 0 Å². The van der Waals surface area contributed by atoms with Gasteiger partial charge in [0.05, 0.1) is 0 Å². The molecule has 6 heteroatoms. The maximum absolute atomic E-state index is 12.8. The van der Waals surface area contributed by atoms with Gasteiger partial charge in [-0.05, 0) is 29.3 Å². The maximum atomic E-state index is 12.8. The number of benzene rings is 2. The molecule has 0 heterocycles. The molecule has 0 aliphatic heterocycles. The number of hydrogen-bond acceptors (Lipinski definition) is 3. The molecule has 0 saturated heterocycles. The predicted octanol–water partition coefficient (Wildman–Crippen LogP) is 3.29. The molecule has 2 N–H and O–H groups in total. The van der Waals surface area contributed by atoms with E-state index < -0.39 is 5.91 Å². The van der Waals surface area contributed by atoms with Gasteiger partial charge in [-0.3, -0.25) is 4.79 Å². The summed E-state index contributed by atoms with van der Waals surface area (Å²) in [5.41, 5.74) is 1.55. The van der Waals surface area contributed by atoms with Gasteiger partial charge < -0.3 is 10.6 Å². The first-order valence-electron chi connectivity index (χ1n) is 7.20. The van der Waals surface area contributed by atoms with Crippen LogP contribution in [0.15, 0.2) is 60.3 Å². The van der Waals surface area contributed by atoms with Crippen LogP contribution in [0.4, 0.5) is 4.39 Å². The van der Waals surface area contributed by atoms with E-state index in [0.717, 1.165) is 11.1 Å². The Labute approximate surface area is 144 Å². The van der Waals surface area contributed by atoms with Crippen molar-refractivity contribution >= 4 is 17.5 Å². The van der Waals surface area contributed by atoms with Gasteiger partial charge in [0.25, 0.3) is 5.91 Å². The highest BCUT2D eigenvalue weighted by molar-refractivity contribution is 6.31. The van der Waals surface area contributed by atoms with Crippen LogP contribution in [0.25, 0.3) is 0 Å². The average molecular weight is 344 g/mol. The van der Waals surface area contributed by atoms with Gasteiger partial charge in [-0.1, -0.05) is 41.9 Å². The fourth-order valence-electron chi connectivity index (χ4n) is 1.93. The average Bonchev–Trinajstić information content (AvgIpc) is 2.59. The molecule has 4 nitrogen and oxygen atoms in total. The van der Waals surface area contributed by atoms with Crippen LogP contribution in [-0.4, -0.2) is 5.91 Å². The third kappa shape index (κ3) is 5.11. The third-order valence-corrected chi connectivity index (χ3v) is 3.60. The second-order valence-electron chi connectivity index (χ2n) is 4.95. The summed E-state index contributed by atoms with van der Waals surface area (Å²) in [5.74, 6) is -0.810. The van der Waals surface area contributed by atoms with Crippen molar-refractivity contribution in [1.82, 2.24) is 10.6 Å². The van der Waals surface area contributed by atoms with Crippen molar-refractivity contribution in [3.63, 3.8) is 0 Å². The molecular weight excluding hydrogens is 329 g/mol. The maximum Gasteiger partial charge on any atom is 0.263 e. The zero-order chi connectivity index (χ0) is 17.4. The van der Waals surface area contributed by atoms with Crippen molar-refractivity contribution in [2.24, 2.45) is 0 Å². The monoisotopic (exact) mass is 343 g/mol. The molecule has 0 radical (unpaired) electrons. The van der Waals surface area contributed by atoms with Crippen LogP contribution in [0, 0.1) is 17.1 Å². The molecule has 2 aromatic carbocycles. The number of halogens is 2. The molecule has 0 aliphatic carbocycles. The molecule has 0 aliphatic rings. The molecule has 0 aromatic heterocycles. The van der Waals surface area contributed by atoms with Crippen LogP contribution < -0.4 is 10.6 Å². The first kappa shape index (κ1) is 17.5. The summed E-state index contributed by atoms with van der Waals surface area (Å²) in [6.07, 6.45) is 1.34. The van der Waals surface area contributed by atoms with Gasteiger partial charge in [0.15, 0.2) is 0 Å². The van der Waals surface area contributed by atoms with Gasteiger partial charge in [0.2, 0.25) is 0 Å². The fraction of sp³-hybridized carbons (Fsp3) is 0.111. The molecule has 0 spiro atoms. The summed E-state index contributed by atoms with van der Waals surface area (Å²) in [6, 6.07) is 14.9. The van der Waals surface area contributed by atoms with Crippen molar-refractivity contribution in [1.29, 1.82) is 5.26 Å². The van der Waals surface area contributed by atoms with Gasteiger partial charge in [0, 0.05) is 24.3 Å². The molecule has 122 valence electrons. The van der Waals surface area contributed by atoms with Crippen LogP contribution in [0.5, 0.6) is 0 Å². The van der Waals surface area contributed by atoms with Crippen LogP contribution in [0.1, 0.15) is 11.1 Å². The molecule has 2 aromatic rings. The lowest BCUT2D eigenvalue weighted by molar-refractivity contribution is -0.117. The highest BCUT2D eigenvalue weighted by Gasteiger charge is 2.09.